The van der Waals surface area contributed by atoms with Gasteiger partial charge in [0.05, 0.1) is 10.2 Å². The molecule has 6 heteroatoms. The molecule has 0 saturated carbocycles. The molecular formula is C10H6BrFN2O2. The number of aromatic carboxylic acids is 1. The summed E-state index contributed by atoms with van der Waals surface area (Å²) in [7, 11) is 0. The lowest BCUT2D eigenvalue weighted by Gasteiger charge is -1.99. The van der Waals surface area contributed by atoms with Crippen LogP contribution >= 0.6 is 15.9 Å². The predicted octanol–water partition coefficient (Wildman–Crippen LogP) is 2.68. The molecule has 1 heterocycles. The van der Waals surface area contributed by atoms with Gasteiger partial charge in [-0.25, -0.2) is 9.18 Å². The number of carboxylic acid groups (broad SMARTS) is 1. The standard InChI is InChI=1S/C10H6BrFN2O2/c11-6-3-1-2-5(9(6)12)7-4-8(10(15)16)14-13-7/h1-4H,(H,13,14)(H,15,16). The monoisotopic (exact) mass is 284 g/mol. The van der Waals surface area contributed by atoms with Crippen LogP contribution in [0.2, 0.25) is 0 Å². The molecule has 0 radical (unpaired) electrons. The molecule has 0 atom stereocenters. The van der Waals surface area contributed by atoms with Crippen LogP contribution in [0.15, 0.2) is 28.7 Å². The first-order valence-electron chi connectivity index (χ1n) is 4.32. The molecule has 16 heavy (non-hydrogen) atoms. The zero-order chi connectivity index (χ0) is 11.7. The maximum absolute atomic E-state index is 13.6. The Labute approximate surface area is 98.2 Å². The summed E-state index contributed by atoms with van der Waals surface area (Å²) in [6.07, 6.45) is 0. The lowest BCUT2D eigenvalue weighted by molar-refractivity contribution is 0.0690. The summed E-state index contributed by atoms with van der Waals surface area (Å²) in [4.78, 5) is 10.6. The molecule has 0 spiro atoms. The molecule has 2 N–H and O–H groups in total. The van der Waals surface area contributed by atoms with E-state index >= 15 is 0 Å². The minimum Gasteiger partial charge on any atom is -0.477 e. The van der Waals surface area contributed by atoms with Crippen LogP contribution < -0.4 is 0 Å². The van der Waals surface area contributed by atoms with Gasteiger partial charge in [-0.05, 0) is 34.1 Å². The Kier molecular flexibility index (Phi) is 2.74. The van der Waals surface area contributed by atoms with Crippen molar-refractivity contribution in [2.75, 3.05) is 0 Å². The van der Waals surface area contributed by atoms with Gasteiger partial charge in [0.15, 0.2) is 0 Å². The van der Waals surface area contributed by atoms with Crippen molar-refractivity contribution in [1.82, 2.24) is 10.2 Å². The van der Waals surface area contributed by atoms with Gasteiger partial charge >= 0.3 is 5.97 Å². The van der Waals surface area contributed by atoms with Crippen molar-refractivity contribution in [3.63, 3.8) is 0 Å². The molecule has 0 amide bonds. The fourth-order valence-corrected chi connectivity index (χ4v) is 1.64. The van der Waals surface area contributed by atoms with E-state index in [0.717, 1.165) is 0 Å². The molecule has 0 bridgehead atoms. The van der Waals surface area contributed by atoms with Crippen molar-refractivity contribution in [1.29, 1.82) is 0 Å². The summed E-state index contributed by atoms with van der Waals surface area (Å²) in [5, 5.41) is 14.8. The van der Waals surface area contributed by atoms with E-state index in [2.05, 4.69) is 26.1 Å². The smallest absolute Gasteiger partial charge is 0.353 e. The van der Waals surface area contributed by atoms with E-state index in [1.807, 2.05) is 0 Å². The van der Waals surface area contributed by atoms with E-state index < -0.39 is 11.8 Å². The Morgan fingerprint density at radius 3 is 2.88 bits per heavy atom. The van der Waals surface area contributed by atoms with E-state index in [9.17, 15) is 9.18 Å². The number of carbonyl (C=O) groups is 1. The Balaban J connectivity index is 2.50. The van der Waals surface area contributed by atoms with Crippen LogP contribution in [-0.2, 0) is 0 Å². The van der Waals surface area contributed by atoms with Gasteiger partial charge in [-0.15, -0.1) is 0 Å². The number of rotatable bonds is 2. The van der Waals surface area contributed by atoms with Gasteiger partial charge in [0.25, 0.3) is 0 Å². The molecule has 4 nitrogen and oxygen atoms in total. The van der Waals surface area contributed by atoms with Crippen LogP contribution in [0, 0.1) is 5.82 Å². The Morgan fingerprint density at radius 2 is 2.25 bits per heavy atom. The van der Waals surface area contributed by atoms with Crippen molar-refractivity contribution in [3.8, 4) is 11.3 Å². The van der Waals surface area contributed by atoms with Gasteiger partial charge in [0, 0.05) is 5.56 Å². The molecule has 1 aromatic heterocycles. The minimum atomic E-state index is -1.13. The number of halogens is 2. The summed E-state index contributed by atoms with van der Waals surface area (Å²) in [5.74, 6) is -1.60. The lowest BCUT2D eigenvalue weighted by Crippen LogP contribution is -1.95. The molecule has 0 aliphatic heterocycles. The Hall–Kier alpha value is -1.69. The molecule has 2 rings (SSSR count). The first-order chi connectivity index (χ1) is 7.59. The number of hydrogen-bond donors (Lipinski definition) is 2. The van der Waals surface area contributed by atoms with Crippen LogP contribution in [0.3, 0.4) is 0 Å². The van der Waals surface area contributed by atoms with E-state index in [-0.39, 0.29) is 17.0 Å². The summed E-state index contributed by atoms with van der Waals surface area (Å²) < 4.78 is 14.0. The summed E-state index contributed by atoms with van der Waals surface area (Å²) >= 11 is 3.05. The minimum absolute atomic E-state index is 0.0747. The largest absolute Gasteiger partial charge is 0.477 e. The summed E-state index contributed by atoms with van der Waals surface area (Å²) in [6, 6.07) is 6.02. The van der Waals surface area contributed by atoms with E-state index in [1.54, 1.807) is 12.1 Å². The van der Waals surface area contributed by atoms with E-state index in [4.69, 9.17) is 5.11 Å². The van der Waals surface area contributed by atoms with Crippen molar-refractivity contribution < 1.29 is 14.3 Å². The van der Waals surface area contributed by atoms with Crippen LogP contribution in [0.25, 0.3) is 11.3 Å². The Bertz CT molecular complexity index is 554. The van der Waals surface area contributed by atoms with Crippen LogP contribution in [-0.4, -0.2) is 21.3 Å². The average Bonchev–Trinajstić information content (AvgIpc) is 2.71. The molecule has 82 valence electrons. The average molecular weight is 285 g/mol. The summed E-state index contributed by atoms with van der Waals surface area (Å²) in [6.45, 7) is 0. The fourth-order valence-electron chi connectivity index (χ4n) is 1.27. The molecule has 0 aliphatic rings. The Morgan fingerprint density at radius 1 is 1.50 bits per heavy atom. The molecule has 0 aliphatic carbocycles. The molecule has 0 saturated heterocycles. The highest BCUT2D eigenvalue weighted by molar-refractivity contribution is 9.10. The second kappa shape index (κ2) is 4.05. The zero-order valence-electron chi connectivity index (χ0n) is 7.87. The third-order valence-electron chi connectivity index (χ3n) is 2.04. The number of benzene rings is 1. The highest BCUT2D eigenvalue weighted by Crippen LogP contribution is 2.26. The van der Waals surface area contributed by atoms with E-state index in [1.165, 1.54) is 12.1 Å². The van der Waals surface area contributed by atoms with Gasteiger partial charge in [-0.3, -0.25) is 5.10 Å². The van der Waals surface area contributed by atoms with Crippen molar-refractivity contribution in [2.45, 2.75) is 0 Å². The molecule has 0 unspecified atom stereocenters. The molecule has 0 fully saturated rings. The molecule has 1 aromatic carbocycles. The SMILES string of the molecule is O=C(O)c1cc(-c2cccc(Br)c2F)n[nH]1. The summed E-state index contributed by atoms with van der Waals surface area (Å²) in [5.41, 5.74) is 0.434. The first-order valence-corrected chi connectivity index (χ1v) is 5.12. The van der Waals surface area contributed by atoms with Gasteiger partial charge in [0.2, 0.25) is 0 Å². The zero-order valence-corrected chi connectivity index (χ0v) is 9.45. The highest BCUT2D eigenvalue weighted by Gasteiger charge is 2.13. The number of nitrogens with one attached hydrogen (secondary N) is 1. The van der Waals surface area contributed by atoms with Crippen LogP contribution in [0.1, 0.15) is 10.5 Å². The maximum Gasteiger partial charge on any atom is 0.353 e. The number of H-pyrrole nitrogens is 1. The second-order valence-electron chi connectivity index (χ2n) is 3.07. The lowest BCUT2D eigenvalue weighted by atomic mass is 10.1. The predicted molar refractivity (Wildman–Crippen MR) is 58.6 cm³/mol. The number of carboxylic acids is 1. The van der Waals surface area contributed by atoms with Crippen molar-refractivity contribution in [3.05, 3.63) is 40.2 Å². The fraction of sp³-hybridized carbons (Fsp3) is 0. The normalized spacial score (nSPS) is 10.4. The topological polar surface area (TPSA) is 66.0 Å². The number of hydrogen-bond acceptors (Lipinski definition) is 2. The number of aromatic nitrogens is 2. The van der Waals surface area contributed by atoms with Gasteiger partial charge in [0.1, 0.15) is 11.5 Å². The van der Waals surface area contributed by atoms with Crippen molar-refractivity contribution in [2.24, 2.45) is 0 Å². The highest BCUT2D eigenvalue weighted by atomic mass is 79.9. The third kappa shape index (κ3) is 1.83. The van der Waals surface area contributed by atoms with Gasteiger partial charge < -0.3 is 5.11 Å². The van der Waals surface area contributed by atoms with Crippen molar-refractivity contribution >= 4 is 21.9 Å². The third-order valence-corrected chi connectivity index (χ3v) is 2.65. The molecular weight excluding hydrogens is 279 g/mol. The first kappa shape index (κ1) is 10.8. The number of aromatic amines is 1. The van der Waals surface area contributed by atoms with Crippen LogP contribution in [0.4, 0.5) is 4.39 Å². The van der Waals surface area contributed by atoms with E-state index in [0.29, 0.717) is 4.47 Å². The maximum atomic E-state index is 13.6. The molecule has 2 aromatic rings. The van der Waals surface area contributed by atoms with Crippen LogP contribution in [0.5, 0.6) is 0 Å². The van der Waals surface area contributed by atoms with Gasteiger partial charge in [-0.1, -0.05) is 6.07 Å². The van der Waals surface area contributed by atoms with Gasteiger partial charge in [-0.2, -0.15) is 5.10 Å². The number of nitrogens with zero attached hydrogens (tertiary/aromatic N) is 1. The quantitative estimate of drug-likeness (QED) is 0.891. The second-order valence-corrected chi connectivity index (χ2v) is 3.93.